The minimum absolute atomic E-state index is 0.00635. The Morgan fingerprint density at radius 2 is 1.93 bits per heavy atom. The zero-order chi connectivity index (χ0) is 19.7. The fraction of sp³-hybridized carbons (Fsp3) is 0.474. The maximum Gasteiger partial charge on any atom is 0.274 e. The van der Waals surface area contributed by atoms with E-state index >= 15 is 0 Å². The average molecular weight is 382 g/mol. The molecule has 0 aliphatic carbocycles. The van der Waals surface area contributed by atoms with Gasteiger partial charge in [-0.2, -0.15) is 15.3 Å². The minimum atomic E-state index is -0.00635. The van der Waals surface area contributed by atoms with Crippen LogP contribution in [0.4, 0.5) is 0 Å². The fourth-order valence-electron chi connectivity index (χ4n) is 3.59. The highest BCUT2D eigenvalue weighted by Gasteiger charge is 2.24. The van der Waals surface area contributed by atoms with E-state index in [0.717, 1.165) is 31.0 Å². The van der Waals surface area contributed by atoms with Gasteiger partial charge in [0.1, 0.15) is 12.4 Å². The van der Waals surface area contributed by atoms with Crippen molar-refractivity contribution < 1.29 is 4.79 Å². The number of piperazine rings is 1. The van der Waals surface area contributed by atoms with E-state index in [9.17, 15) is 4.79 Å². The third-order valence-corrected chi connectivity index (χ3v) is 5.07. The summed E-state index contributed by atoms with van der Waals surface area (Å²) < 4.78 is 5.45. The van der Waals surface area contributed by atoms with E-state index < -0.39 is 0 Å². The quantitative estimate of drug-likeness (QED) is 0.655. The Bertz CT molecular complexity index is 960. The number of carbonyl (C=O) groups excluding carboxylic acids is 1. The molecule has 3 aromatic rings. The van der Waals surface area contributed by atoms with Crippen LogP contribution in [0.1, 0.15) is 27.4 Å². The summed E-state index contributed by atoms with van der Waals surface area (Å²) in [6.45, 7) is 8.49. The predicted molar refractivity (Wildman–Crippen MR) is 104 cm³/mol. The molecule has 0 aromatic carbocycles. The van der Waals surface area contributed by atoms with Gasteiger partial charge in [0, 0.05) is 63.4 Å². The molecule has 148 valence electrons. The van der Waals surface area contributed by atoms with Gasteiger partial charge in [-0.3, -0.25) is 19.1 Å². The highest BCUT2D eigenvalue weighted by molar-refractivity contribution is 5.92. The monoisotopic (exact) mass is 382 g/mol. The van der Waals surface area contributed by atoms with Gasteiger partial charge in [0.05, 0.1) is 11.9 Å². The first-order valence-corrected chi connectivity index (χ1v) is 9.51. The zero-order valence-electron chi connectivity index (χ0n) is 16.6. The number of hydrogen-bond acceptors (Lipinski definition) is 5. The van der Waals surface area contributed by atoms with Gasteiger partial charge in [0.25, 0.3) is 5.91 Å². The van der Waals surface area contributed by atoms with E-state index in [-0.39, 0.29) is 5.91 Å². The SMILES string of the molecule is Cc1cc(C)n(Cn2ccc(C(=O)N3CCN(Cc4cnn(C)c4)CC3)n2)n1. The van der Waals surface area contributed by atoms with Crippen molar-refractivity contribution in [2.75, 3.05) is 26.2 Å². The van der Waals surface area contributed by atoms with Crippen molar-refractivity contribution in [3.8, 4) is 0 Å². The van der Waals surface area contributed by atoms with Gasteiger partial charge < -0.3 is 4.90 Å². The molecule has 0 atom stereocenters. The van der Waals surface area contributed by atoms with Gasteiger partial charge in [0.2, 0.25) is 0 Å². The number of rotatable bonds is 5. The summed E-state index contributed by atoms with van der Waals surface area (Å²) in [5.74, 6) is -0.00635. The number of hydrogen-bond donors (Lipinski definition) is 0. The van der Waals surface area contributed by atoms with Gasteiger partial charge >= 0.3 is 0 Å². The number of aryl methyl sites for hydroxylation is 3. The van der Waals surface area contributed by atoms with E-state index in [0.29, 0.717) is 25.5 Å². The largest absolute Gasteiger partial charge is 0.335 e. The molecule has 0 radical (unpaired) electrons. The van der Waals surface area contributed by atoms with Crippen LogP contribution in [-0.2, 0) is 20.3 Å². The second-order valence-electron chi connectivity index (χ2n) is 7.40. The van der Waals surface area contributed by atoms with E-state index in [2.05, 4.69) is 20.2 Å². The maximum atomic E-state index is 12.8. The van der Waals surface area contributed by atoms with Crippen molar-refractivity contribution >= 4 is 5.91 Å². The predicted octanol–water partition coefficient (Wildman–Crippen LogP) is 0.894. The number of aromatic nitrogens is 6. The van der Waals surface area contributed by atoms with Crippen LogP contribution in [0.3, 0.4) is 0 Å². The molecule has 9 nitrogen and oxygen atoms in total. The van der Waals surface area contributed by atoms with Crippen LogP contribution in [0.5, 0.6) is 0 Å². The molecule has 3 aromatic heterocycles. The Morgan fingerprint density at radius 1 is 1.14 bits per heavy atom. The molecular formula is C19H26N8O. The van der Waals surface area contributed by atoms with Gasteiger partial charge in [-0.15, -0.1) is 0 Å². The first kappa shape index (κ1) is 18.4. The van der Waals surface area contributed by atoms with E-state index in [1.165, 1.54) is 5.56 Å². The Balaban J connectivity index is 1.33. The normalized spacial score (nSPS) is 15.3. The van der Waals surface area contributed by atoms with Crippen LogP contribution < -0.4 is 0 Å². The lowest BCUT2D eigenvalue weighted by Crippen LogP contribution is -2.48. The van der Waals surface area contributed by atoms with Crippen LogP contribution in [0, 0.1) is 13.8 Å². The van der Waals surface area contributed by atoms with Crippen molar-refractivity contribution in [2.24, 2.45) is 7.05 Å². The van der Waals surface area contributed by atoms with Crippen molar-refractivity contribution in [3.63, 3.8) is 0 Å². The van der Waals surface area contributed by atoms with Crippen LogP contribution in [0.2, 0.25) is 0 Å². The summed E-state index contributed by atoms with van der Waals surface area (Å²) in [5.41, 5.74) is 3.74. The molecule has 0 unspecified atom stereocenters. The third-order valence-electron chi connectivity index (χ3n) is 5.07. The second-order valence-corrected chi connectivity index (χ2v) is 7.40. The standard InChI is InChI=1S/C19H26N8O/c1-15-10-16(2)27(21-15)14-26-5-4-18(22-26)19(28)25-8-6-24(7-9-25)13-17-11-20-23(3)12-17/h4-5,10-12H,6-9,13-14H2,1-3H3. The molecule has 4 rings (SSSR count). The molecule has 0 N–H and O–H groups in total. The van der Waals surface area contributed by atoms with E-state index in [1.807, 2.05) is 59.8 Å². The summed E-state index contributed by atoms with van der Waals surface area (Å²) >= 11 is 0. The molecule has 0 saturated carbocycles. The molecule has 1 amide bonds. The summed E-state index contributed by atoms with van der Waals surface area (Å²) in [4.78, 5) is 17.0. The van der Waals surface area contributed by atoms with Crippen LogP contribution in [0.25, 0.3) is 0 Å². The van der Waals surface area contributed by atoms with Crippen molar-refractivity contribution in [3.05, 3.63) is 53.4 Å². The molecule has 1 fully saturated rings. The van der Waals surface area contributed by atoms with E-state index in [4.69, 9.17) is 0 Å². The lowest BCUT2D eigenvalue weighted by atomic mass is 10.2. The first-order chi connectivity index (χ1) is 13.5. The molecule has 4 heterocycles. The number of carbonyl (C=O) groups is 1. The lowest BCUT2D eigenvalue weighted by Gasteiger charge is -2.34. The van der Waals surface area contributed by atoms with Crippen molar-refractivity contribution in [1.29, 1.82) is 0 Å². The summed E-state index contributed by atoms with van der Waals surface area (Å²) in [5, 5.41) is 13.1. The second kappa shape index (κ2) is 7.59. The van der Waals surface area contributed by atoms with Gasteiger partial charge in [-0.05, 0) is 26.0 Å². The average Bonchev–Trinajstić information content (AvgIpc) is 3.37. The Hall–Kier alpha value is -2.94. The van der Waals surface area contributed by atoms with Crippen molar-refractivity contribution in [2.45, 2.75) is 27.1 Å². The zero-order valence-corrected chi connectivity index (χ0v) is 16.6. The number of nitrogens with zero attached hydrogens (tertiary/aromatic N) is 8. The summed E-state index contributed by atoms with van der Waals surface area (Å²) in [6, 6.07) is 3.82. The highest BCUT2D eigenvalue weighted by atomic mass is 16.2. The topological polar surface area (TPSA) is 77.0 Å². The maximum absolute atomic E-state index is 12.8. The molecule has 1 saturated heterocycles. The molecule has 1 aliphatic rings. The molecule has 1 aliphatic heterocycles. The molecule has 0 spiro atoms. The Kier molecular flexibility index (Phi) is 4.99. The van der Waals surface area contributed by atoms with Gasteiger partial charge in [-0.1, -0.05) is 0 Å². The fourth-order valence-corrected chi connectivity index (χ4v) is 3.59. The summed E-state index contributed by atoms with van der Waals surface area (Å²) in [7, 11) is 1.92. The smallest absolute Gasteiger partial charge is 0.274 e. The van der Waals surface area contributed by atoms with Gasteiger partial charge in [0.15, 0.2) is 0 Å². The number of amides is 1. The van der Waals surface area contributed by atoms with Crippen LogP contribution >= 0.6 is 0 Å². The Morgan fingerprint density at radius 3 is 2.57 bits per heavy atom. The Labute approximate surface area is 164 Å². The molecule has 28 heavy (non-hydrogen) atoms. The minimum Gasteiger partial charge on any atom is -0.335 e. The lowest BCUT2D eigenvalue weighted by molar-refractivity contribution is 0.0621. The van der Waals surface area contributed by atoms with Crippen LogP contribution in [0.15, 0.2) is 30.7 Å². The van der Waals surface area contributed by atoms with Crippen molar-refractivity contribution in [1.82, 2.24) is 39.1 Å². The third kappa shape index (κ3) is 3.99. The van der Waals surface area contributed by atoms with Crippen LogP contribution in [-0.4, -0.2) is 71.2 Å². The molecular weight excluding hydrogens is 356 g/mol. The highest BCUT2D eigenvalue weighted by Crippen LogP contribution is 2.11. The molecule has 0 bridgehead atoms. The van der Waals surface area contributed by atoms with E-state index in [1.54, 1.807) is 10.7 Å². The first-order valence-electron chi connectivity index (χ1n) is 9.51. The van der Waals surface area contributed by atoms with Gasteiger partial charge in [-0.25, -0.2) is 4.68 Å². The molecule has 9 heteroatoms. The summed E-state index contributed by atoms with van der Waals surface area (Å²) in [6.07, 6.45) is 5.77.